The summed E-state index contributed by atoms with van der Waals surface area (Å²) in [6, 6.07) is 6.38. The van der Waals surface area contributed by atoms with Gasteiger partial charge >= 0.3 is 0 Å². The van der Waals surface area contributed by atoms with Crippen LogP contribution in [0.2, 0.25) is 0 Å². The fraction of sp³-hybridized carbons (Fsp3) is 0.562. The van der Waals surface area contributed by atoms with E-state index < -0.39 is 0 Å². The van der Waals surface area contributed by atoms with Gasteiger partial charge in [0.2, 0.25) is 0 Å². The molecule has 1 saturated heterocycles. The maximum atomic E-state index is 10.7. The zero-order chi connectivity index (χ0) is 13.1. The lowest BCUT2D eigenvalue weighted by Crippen LogP contribution is -2.31. The first-order valence-electron chi connectivity index (χ1n) is 7.25. The third kappa shape index (κ3) is 2.66. The van der Waals surface area contributed by atoms with Gasteiger partial charge in [-0.15, -0.1) is 0 Å². The van der Waals surface area contributed by atoms with Crippen molar-refractivity contribution in [3.05, 3.63) is 29.3 Å². The molecule has 1 aromatic rings. The molecule has 0 aromatic heterocycles. The average Bonchev–Trinajstić information content (AvgIpc) is 2.85. The number of ether oxygens (including phenoxy) is 1. The number of anilines is 1. The molecule has 0 atom stereocenters. The predicted octanol–water partition coefficient (Wildman–Crippen LogP) is 2.22. The van der Waals surface area contributed by atoms with Crippen LogP contribution in [0.5, 0.6) is 0 Å². The third-order valence-electron chi connectivity index (χ3n) is 4.34. The van der Waals surface area contributed by atoms with Gasteiger partial charge in [-0.05, 0) is 42.4 Å². The van der Waals surface area contributed by atoms with Gasteiger partial charge in [0, 0.05) is 38.4 Å². The van der Waals surface area contributed by atoms with E-state index >= 15 is 0 Å². The van der Waals surface area contributed by atoms with Gasteiger partial charge in [0.1, 0.15) is 6.29 Å². The minimum Gasteiger partial charge on any atom is -0.381 e. The summed E-state index contributed by atoms with van der Waals surface area (Å²) in [6.07, 6.45) is 5.01. The molecule has 3 heteroatoms. The Labute approximate surface area is 114 Å². The molecule has 2 heterocycles. The lowest BCUT2D eigenvalue weighted by molar-refractivity contribution is -0.107. The number of nitrogens with zero attached hydrogens (tertiary/aromatic N) is 1. The van der Waals surface area contributed by atoms with Crippen LogP contribution in [0.1, 0.15) is 24.0 Å². The fourth-order valence-electron chi connectivity index (χ4n) is 3.28. The van der Waals surface area contributed by atoms with Gasteiger partial charge in [0.05, 0.1) is 0 Å². The predicted molar refractivity (Wildman–Crippen MR) is 75.7 cm³/mol. The molecule has 19 heavy (non-hydrogen) atoms. The number of benzene rings is 1. The summed E-state index contributed by atoms with van der Waals surface area (Å²) in [5, 5.41) is 0. The topological polar surface area (TPSA) is 29.5 Å². The summed E-state index contributed by atoms with van der Waals surface area (Å²) in [5.41, 5.74) is 3.95. The van der Waals surface area contributed by atoms with Gasteiger partial charge in [0.15, 0.2) is 0 Å². The van der Waals surface area contributed by atoms with Crippen LogP contribution in [0.4, 0.5) is 5.69 Å². The second-order valence-electron chi connectivity index (χ2n) is 5.54. The van der Waals surface area contributed by atoms with Crippen LogP contribution in [0.3, 0.4) is 0 Å². The molecule has 0 radical (unpaired) electrons. The van der Waals surface area contributed by atoms with Crippen LogP contribution in [-0.2, 0) is 22.4 Å². The number of rotatable bonds is 4. The first-order valence-corrected chi connectivity index (χ1v) is 7.25. The van der Waals surface area contributed by atoms with Crippen LogP contribution >= 0.6 is 0 Å². The lowest BCUT2D eigenvalue weighted by Gasteiger charge is -2.28. The van der Waals surface area contributed by atoms with Crippen molar-refractivity contribution in [3.8, 4) is 0 Å². The van der Waals surface area contributed by atoms with Crippen molar-refractivity contribution in [1.29, 1.82) is 0 Å². The highest BCUT2D eigenvalue weighted by Gasteiger charge is 2.24. The zero-order valence-electron chi connectivity index (χ0n) is 11.3. The highest BCUT2D eigenvalue weighted by molar-refractivity contribution is 5.65. The van der Waals surface area contributed by atoms with Gasteiger partial charge < -0.3 is 14.4 Å². The second-order valence-corrected chi connectivity index (χ2v) is 5.54. The van der Waals surface area contributed by atoms with Gasteiger partial charge in [-0.2, -0.15) is 0 Å². The van der Waals surface area contributed by atoms with Crippen LogP contribution < -0.4 is 4.90 Å². The van der Waals surface area contributed by atoms with E-state index in [1.54, 1.807) is 0 Å². The third-order valence-corrected chi connectivity index (χ3v) is 4.34. The summed E-state index contributed by atoms with van der Waals surface area (Å²) < 4.78 is 5.43. The Balaban J connectivity index is 1.74. The van der Waals surface area contributed by atoms with Crippen LogP contribution in [0, 0.1) is 5.92 Å². The molecule has 0 saturated carbocycles. The molecule has 2 aliphatic heterocycles. The number of fused-ring (bicyclic) bond motifs is 1. The number of aldehydes is 1. The smallest absolute Gasteiger partial charge is 0.124 e. The summed E-state index contributed by atoms with van der Waals surface area (Å²) >= 11 is 0. The maximum absolute atomic E-state index is 10.7. The quantitative estimate of drug-likeness (QED) is 0.777. The molecule has 0 N–H and O–H groups in total. The van der Waals surface area contributed by atoms with Crippen molar-refractivity contribution >= 4 is 12.0 Å². The van der Waals surface area contributed by atoms with E-state index in [2.05, 4.69) is 23.1 Å². The van der Waals surface area contributed by atoms with Crippen molar-refractivity contribution < 1.29 is 9.53 Å². The summed E-state index contributed by atoms with van der Waals surface area (Å²) in [7, 11) is 0. The van der Waals surface area contributed by atoms with Gasteiger partial charge in [-0.25, -0.2) is 0 Å². The zero-order valence-corrected chi connectivity index (χ0v) is 11.3. The van der Waals surface area contributed by atoms with Crippen molar-refractivity contribution in [2.45, 2.75) is 25.7 Å². The van der Waals surface area contributed by atoms with E-state index in [4.69, 9.17) is 4.74 Å². The van der Waals surface area contributed by atoms with E-state index in [1.165, 1.54) is 29.7 Å². The summed E-state index contributed by atoms with van der Waals surface area (Å²) in [6.45, 7) is 4.07. The van der Waals surface area contributed by atoms with E-state index in [1.807, 2.05) is 0 Å². The number of hydrogen-bond acceptors (Lipinski definition) is 3. The van der Waals surface area contributed by atoms with Crippen LogP contribution in [-0.4, -0.2) is 32.6 Å². The molecule has 0 amide bonds. The molecule has 3 nitrogen and oxygen atoms in total. The maximum Gasteiger partial charge on any atom is 0.124 e. The fourth-order valence-corrected chi connectivity index (χ4v) is 3.28. The van der Waals surface area contributed by atoms with Crippen molar-refractivity contribution in [2.24, 2.45) is 5.92 Å². The lowest BCUT2D eigenvalue weighted by atomic mass is 9.99. The Morgan fingerprint density at radius 1 is 1.32 bits per heavy atom. The second kappa shape index (κ2) is 5.74. The summed E-state index contributed by atoms with van der Waals surface area (Å²) in [4.78, 5) is 13.2. The Hall–Kier alpha value is -1.35. The SMILES string of the molecule is O=CCc1cccc2c1CCN2CC1CCOCC1. The molecular weight excluding hydrogens is 238 g/mol. The van der Waals surface area contributed by atoms with Crippen LogP contribution in [0.25, 0.3) is 0 Å². The Morgan fingerprint density at radius 2 is 2.16 bits per heavy atom. The monoisotopic (exact) mass is 259 g/mol. The van der Waals surface area contributed by atoms with Crippen LogP contribution in [0.15, 0.2) is 18.2 Å². The van der Waals surface area contributed by atoms with Crippen molar-refractivity contribution in [3.63, 3.8) is 0 Å². The van der Waals surface area contributed by atoms with E-state index in [0.29, 0.717) is 6.42 Å². The molecule has 0 spiro atoms. The Kier molecular flexibility index (Phi) is 3.83. The summed E-state index contributed by atoms with van der Waals surface area (Å²) in [5.74, 6) is 0.759. The van der Waals surface area contributed by atoms with Crippen molar-refractivity contribution in [2.75, 3.05) is 31.2 Å². The average molecular weight is 259 g/mol. The van der Waals surface area contributed by atoms with Gasteiger partial charge in [-0.3, -0.25) is 0 Å². The molecule has 3 rings (SSSR count). The minimum absolute atomic E-state index is 0.550. The van der Waals surface area contributed by atoms with Gasteiger partial charge in [-0.1, -0.05) is 12.1 Å². The first-order chi connectivity index (χ1) is 9.38. The Bertz CT molecular complexity index is 452. The Morgan fingerprint density at radius 3 is 2.95 bits per heavy atom. The molecule has 102 valence electrons. The molecular formula is C16H21NO2. The molecule has 1 aromatic carbocycles. The van der Waals surface area contributed by atoms with E-state index in [9.17, 15) is 4.79 Å². The molecule has 1 fully saturated rings. The normalized spacial score (nSPS) is 19.5. The largest absolute Gasteiger partial charge is 0.381 e. The van der Waals surface area contributed by atoms with E-state index in [-0.39, 0.29) is 0 Å². The first kappa shape index (κ1) is 12.7. The molecule has 2 aliphatic rings. The van der Waals surface area contributed by atoms with Gasteiger partial charge in [0.25, 0.3) is 0 Å². The molecule has 0 aliphatic carbocycles. The molecule has 0 unspecified atom stereocenters. The highest BCUT2D eigenvalue weighted by Crippen LogP contribution is 2.32. The minimum atomic E-state index is 0.550. The number of carbonyl (C=O) groups is 1. The highest BCUT2D eigenvalue weighted by atomic mass is 16.5. The van der Waals surface area contributed by atoms with E-state index in [0.717, 1.165) is 44.9 Å². The number of hydrogen-bond donors (Lipinski definition) is 0. The van der Waals surface area contributed by atoms with Crippen molar-refractivity contribution in [1.82, 2.24) is 0 Å². The standard InChI is InChI=1S/C16H21NO2/c18-9-5-14-2-1-3-16-15(14)4-8-17(16)12-13-6-10-19-11-7-13/h1-3,9,13H,4-8,10-12H2. The molecule has 0 bridgehead atoms. The number of carbonyl (C=O) groups excluding carboxylic acids is 1.